The summed E-state index contributed by atoms with van der Waals surface area (Å²) in [6.45, 7) is 5.41. The topological polar surface area (TPSA) is 9.23 Å². The molecule has 0 bridgehead atoms. The predicted molar refractivity (Wildman–Crippen MR) is 43.9 cm³/mol. The van der Waals surface area contributed by atoms with Crippen molar-refractivity contribution in [2.45, 2.75) is 12.4 Å². The molecular formula is C6H11ClOS. The molecule has 0 aromatic rings. The molecule has 0 spiro atoms. The molecule has 0 aliphatic rings. The Labute approximate surface area is 65.4 Å². The van der Waals surface area contributed by atoms with E-state index in [1.165, 1.54) is 6.26 Å². The van der Waals surface area contributed by atoms with Gasteiger partial charge in [0.05, 0.1) is 6.26 Å². The van der Waals surface area contributed by atoms with Gasteiger partial charge in [-0.2, -0.15) is 0 Å². The van der Waals surface area contributed by atoms with Crippen molar-refractivity contribution in [3.8, 4) is 0 Å². The first-order valence-electron chi connectivity index (χ1n) is 2.75. The third kappa shape index (κ3) is 6.06. The maximum Gasteiger partial charge on any atom is 0.140 e. The van der Waals surface area contributed by atoms with Crippen LogP contribution in [0.25, 0.3) is 0 Å². The number of rotatable bonds is 5. The molecule has 0 saturated heterocycles. The smallest absolute Gasteiger partial charge is 0.140 e. The van der Waals surface area contributed by atoms with Crippen molar-refractivity contribution < 1.29 is 4.74 Å². The van der Waals surface area contributed by atoms with E-state index in [0.29, 0.717) is 5.88 Å². The Morgan fingerprint density at radius 2 is 2.56 bits per heavy atom. The first-order chi connectivity index (χ1) is 4.31. The molecule has 0 amide bonds. The second-order valence-electron chi connectivity index (χ2n) is 1.43. The van der Waals surface area contributed by atoms with E-state index in [9.17, 15) is 0 Å². The molecule has 0 heterocycles. The van der Waals surface area contributed by atoms with Gasteiger partial charge < -0.3 is 4.74 Å². The van der Waals surface area contributed by atoms with Crippen LogP contribution >= 0.6 is 23.4 Å². The molecule has 0 rings (SSSR count). The van der Waals surface area contributed by atoms with E-state index in [1.54, 1.807) is 11.8 Å². The van der Waals surface area contributed by atoms with Gasteiger partial charge >= 0.3 is 0 Å². The maximum atomic E-state index is 5.44. The molecule has 0 aromatic carbocycles. The predicted octanol–water partition coefficient (Wildman–Crippen LogP) is 2.46. The van der Waals surface area contributed by atoms with Crippen LogP contribution in [0.2, 0.25) is 0 Å². The van der Waals surface area contributed by atoms with Gasteiger partial charge in [0.25, 0.3) is 0 Å². The van der Waals surface area contributed by atoms with Crippen molar-refractivity contribution in [1.29, 1.82) is 0 Å². The van der Waals surface area contributed by atoms with Gasteiger partial charge in [-0.15, -0.1) is 23.4 Å². The molecular weight excluding hydrogens is 156 g/mol. The van der Waals surface area contributed by atoms with E-state index in [4.69, 9.17) is 16.3 Å². The molecule has 0 saturated carbocycles. The van der Waals surface area contributed by atoms with Crippen molar-refractivity contribution in [1.82, 2.24) is 0 Å². The second-order valence-corrected chi connectivity index (χ2v) is 3.21. The summed E-state index contributed by atoms with van der Waals surface area (Å²) < 4.78 is 5.01. The first-order valence-corrected chi connectivity index (χ1v) is 4.33. The minimum Gasteiger partial charge on any atom is -0.488 e. The van der Waals surface area contributed by atoms with Gasteiger partial charge in [-0.05, 0) is 6.92 Å². The molecule has 9 heavy (non-hydrogen) atoms. The van der Waals surface area contributed by atoms with Crippen LogP contribution in [0.4, 0.5) is 0 Å². The summed E-state index contributed by atoms with van der Waals surface area (Å²) in [7, 11) is 0. The molecule has 1 atom stereocenters. The fraction of sp³-hybridized carbons (Fsp3) is 0.667. The zero-order chi connectivity index (χ0) is 7.11. The Kier molecular flexibility index (Phi) is 6.43. The van der Waals surface area contributed by atoms with E-state index in [1.807, 2.05) is 6.92 Å². The lowest BCUT2D eigenvalue weighted by Gasteiger charge is -2.07. The van der Waals surface area contributed by atoms with E-state index >= 15 is 0 Å². The number of halogens is 1. The summed E-state index contributed by atoms with van der Waals surface area (Å²) in [5.74, 6) is 1.60. The first kappa shape index (κ1) is 9.18. The summed E-state index contributed by atoms with van der Waals surface area (Å²) in [6.07, 6.45) is 1.45. The van der Waals surface area contributed by atoms with Gasteiger partial charge in [0.2, 0.25) is 0 Å². The molecule has 0 aromatic heterocycles. The van der Waals surface area contributed by atoms with Gasteiger partial charge in [-0.3, -0.25) is 0 Å². The quantitative estimate of drug-likeness (QED) is 0.353. The minimum absolute atomic E-state index is 0.182. The van der Waals surface area contributed by atoms with Crippen LogP contribution in [0, 0.1) is 0 Å². The van der Waals surface area contributed by atoms with Gasteiger partial charge in [-0.25, -0.2) is 0 Å². The SMILES string of the molecule is C=COC(C)SCCCl. The number of hydrogen-bond acceptors (Lipinski definition) is 2. The van der Waals surface area contributed by atoms with Crippen LogP contribution in [0.3, 0.4) is 0 Å². The normalized spacial score (nSPS) is 12.7. The van der Waals surface area contributed by atoms with Gasteiger partial charge in [0.15, 0.2) is 0 Å². The molecule has 0 aliphatic heterocycles. The van der Waals surface area contributed by atoms with E-state index < -0.39 is 0 Å². The third-order valence-corrected chi connectivity index (χ3v) is 2.15. The van der Waals surface area contributed by atoms with E-state index in [0.717, 1.165) is 5.75 Å². The lowest BCUT2D eigenvalue weighted by atomic mass is 10.8. The Balaban J connectivity index is 3.04. The number of alkyl halides is 1. The van der Waals surface area contributed by atoms with Crippen LogP contribution in [-0.2, 0) is 4.74 Å². The molecule has 0 aliphatic carbocycles. The molecule has 0 N–H and O–H groups in total. The lowest BCUT2D eigenvalue weighted by Crippen LogP contribution is -1.98. The Hall–Kier alpha value is 0.180. The number of hydrogen-bond donors (Lipinski definition) is 0. The van der Waals surface area contributed by atoms with Crippen molar-refractivity contribution >= 4 is 23.4 Å². The molecule has 0 fully saturated rings. The summed E-state index contributed by atoms with van der Waals surface area (Å²) >= 11 is 7.12. The average Bonchev–Trinajstić information content (AvgIpc) is 1.85. The summed E-state index contributed by atoms with van der Waals surface area (Å²) in [5.41, 5.74) is 0.182. The molecule has 1 nitrogen and oxygen atoms in total. The number of ether oxygens (including phenoxy) is 1. The Morgan fingerprint density at radius 3 is 3.00 bits per heavy atom. The van der Waals surface area contributed by atoms with E-state index in [-0.39, 0.29) is 5.44 Å². The highest BCUT2D eigenvalue weighted by Gasteiger charge is 1.97. The maximum absolute atomic E-state index is 5.44. The zero-order valence-corrected chi connectivity index (χ0v) is 7.04. The minimum atomic E-state index is 0.182. The summed E-state index contributed by atoms with van der Waals surface area (Å²) in [6, 6.07) is 0. The highest BCUT2D eigenvalue weighted by atomic mass is 35.5. The summed E-state index contributed by atoms with van der Waals surface area (Å²) in [4.78, 5) is 0. The standard InChI is InChI=1S/C6H11ClOS/c1-3-8-6(2)9-5-4-7/h3,6H,1,4-5H2,2H3. The van der Waals surface area contributed by atoms with Crippen molar-refractivity contribution in [3.05, 3.63) is 12.8 Å². The fourth-order valence-electron chi connectivity index (χ4n) is 0.385. The molecule has 54 valence electrons. The highest BCUT2D eigenvalue weighted by molar-refractivity contribution is 7.99. The zero-order valence-electron chi connectivity index (χ0n) is 5.47. The summed E-state index contributed by atoms with van der Waals surface area (Å²) in [5, 5.41) is 0. The van der Waals surface area contributed by atoms with Crippen LogP contribution in [0.1, 0.15) is 6.92 Å². The number of thioether (sulfide) groups is 1. The monoisotopic (exact) mass is 166 g/mol. The van der Waals surface area contributed by atoms with Crippen LogP contribution in [-0.4, -0.2) is 17.1 Å². The van der Waals surface area contributed by atoms with Crippen molar-refractivity contribution in [2.75, 3.05) is 11.6 Å². The van der Waals surface area contributed by atoms with Crippen molar-refractivity contribution in [2.24, 2.45) is 0 Å². The largest absolute Gasteiger partial charge is 0.488 e. The van der Waals surface area contributed by atoms with Crippen molar-refractivity contribution in [3.63, 3.8) is 0 Å². The van der Waals surface area contributed by atoms with E-state index in [2.05, 4.69) is 6.58 Å². The third-order valence-electron chi connectivity index (χ3n) is 0.718. The Morgan fingerprint density at radius 1 is 1.89 bits per heavy atom. The van der Waals surface area contributed by atoms with Gasteiger partial charge in [0.1, 0.15) is 5.44 Å². The van der Waals surface area contributed by atoms with Crippen LogP contribution in [0.5, 0.6) is 0 Å². The average molecular weight is 167 g/mol. The highest BCUT2D eigenvalue weighted by Crippen LogP contribution is 2.11. The van der Waals surface area contributed by atoms with Crippen LogP contribution in [0.15, 0.2) is 12.8 Å². The molecule has 3 heteroatoms. The second kappa shape index (κ2) is 6.30. The van der Waals surface area contributed by atoms with Gasteiger partial charge in [0, 0.05) is 11.6 Å². The lowest BCUT2D eigenvalue weighted by molar-refractivity contribution is 0.240. The Bertz CT molecular complexity index is 77.5. The fourth-order valence-corrected chi connectivity index (χ4v) is 1.23. The van der Waals surface area contributed by atoms with Gasteiger partial charge in [-0.1, -0.05) is 6.58 Å². The molecule has 0 radical (unpaired) electrons. The van der Waals surface area contributed by atoms with Crippen LogP contribution < -0.4 is 0 Å². The molecule has 1 unspecified atom stereocenters.